The average Bonchev–Trinajstić information content (AvgIpc) is 3.03. The third kappa shape index (κ3) is 3.96. The Labute approximate surface area is 178 Å². The molecular weight excluding hydrogens is 372 g/mol. The van der Waals surface area contributed by atoms with Gasteiger partial charge in [0.2, 0.25) is 0 Å². The van der Waals surface area contributed by atoms with Crippen LogP contribution in [0.5, 0.6) is 0 Å². The lowest BCUT2D eigenvalue weighted by Gasteiger charge is -2.39. The van der Waals surface area contributed by atoms with Crippen molar-refractivity contribution in [3.8, 4) is 0 Å². The van der Waals surface area contributed by atoms with Crippen LogP contribution in [-0.4, -0.2) is 19.6 Å². The fourth-order valence-corrected chi connectivity index (χ4v) is 4.65. The van der Waals surface area contributed by atoms with Crippen LogP contribution in [-0.2, 0) is 27.8 Å². The molecule has 0 amide bonds. The van der Waals surface area contributed by atoms with Crippen molar-refractivity contribution in [2.45, 2.75) is 24.7 Å². The Morgan fingerprint density at radius 3 is 2.37 bits per heavy atom. The topological polar surface area (TPSA) is 50.4 Å². The van der Waals surface area contributed by atoms with Crippen molar-refractivity contribution < 1.29 is 9.53 Å². The summed E-state index contributed by atoms with van der Waals surface area (Å²) in [5.41, 5.74) is 10.4. The Balaban J connectivity index is 1.78. The van der Waals surface area contributed by atoms with Gasteiger partial charge >= 0.3 is 5.97 Å². The summed E-state index contributed by atoms with van der Waals surface area (Å²) < 4.78 is 5.45. The first-order valence-electron chi connectivity index (χ1n) is 10.5. The SMILES string of the molecule is COC(=O)C(CCc1ccccc1)(c1ccccc1)C1CNNc2ccccc2C1. The number of anilines is 1. The minimum atomic E-state index is -0.752. The molecule has 0 bridgehead atoms. The number of nitrogens with one attached hydrogen (secondary N) is 2. The van der Waals surface area contributed by atoms with Crippen molar-refractivity contribution in [1.82, 2.24) is 5.43 Å². The van der Waals surface area contributed by atoms with Crippen LogP contribution in [0, 0.1) is 5.92 Å². The minimum Gasteiger partial charge on any atom is -0.468 e. The number of carbonyl (C=O) groups is 1. The highest BCUT2D eigenvalue weighted by atomic mass is 16.5. The van der Waals surface area contributed by atoms with Gasteiger partial charge in [0.1, 0.15) is 0 Å². The van der Waals surface area contributed by atoms with Crippen molar-refractivity contribution in [3.63, 3.8) is 0 Å². The zero-order chi connectivity index (χ0) is 20.8. The van der Waals surface area contributed by atoms with Gasteiger partial charge in [-0.15, -0.1) is 0 Å². The molecule has 1 aliphatic heterocycles. The molecule has 4 nitrogen and oxygen atoms in total. The zero-order valence-electron chi connectivity index (χ0n) is 17.3. The Morgan fingerprint density at radius 2 is 1.63 bits per heavy atom. The van der Waals surface area contributed by atoms with E-state index in [4.69, 9.17) is 4.74 Å². The summed E-state index contributed by atoms with van der Waals surface area (Å²) in [7, 11) is 1.50. The van der Waals surface area contributed by atoms with Gasteiger partial charge < -0.3 is 10.2 Å². The van der Waals surface area contributed by atoms with Gasteiger partial charge in [-0.3, -0.25) is 4.79 Å². The Bertz CT molecular complexity index is 975. The summed E-state index contributed by atoms with van der Waals surface area (Å²) in [5, 5.41) is 0. The lowest BCUT2D eigenvalue weighted by Crippen LogP contribution is -2.49. The summed E-state index contributed by atoms with van der Waals surface area (Å²) in [6.45, 7) is 0.660. The lowest BCUT2D eigenvalue weighted by atomic mass is 9.65. The molecule has 2 unspecified atom stereocenters. The number of aryl methyl sites for hydroxylation is 1. The molecule has 0 radical (unpaired) electrons. The molecule has 0 saturated heterocycles. The number of benzene rings is 3. The van der Waals surface area contributed by atoms with Gasteiger partial charge in [-0.25, -0.2) is 5.43 Å². The Hall–Kier alpha value is -3.11. The zero-order valence-corrected chi connectivity index (χ0v) is 17.3. The fourth-order valence-electron chi connectivity index (χ4n) is 4.65. The van der Waals surface area contributed by atoms with E-state index in [-0.39, 0.29) is 11.9 Å². The van der Waals surface area contributed by atoms with Crippen LogP contribution < -0.4 is 10.9 Å². The predicted octanol–water partition coefficient (Wildman–Crippen LogP) is 4.52. The van der Waals surface area contributed by atoms with Crippen LogP contribution >= 0.6 is 0 Å². The van der Waals surface area contributed by atoms with Crippen LogP contribution in [0.3, 0.4) is 0 Å². The van der Waals surface area contributed by atoms with E-state index in [2.05, 4.69) is 53.3 Å². The highest BCUT2D eigenvalue weighted by Gasteiger charge is 2.48. The molecule has 1 aliphatic rings. The standard InChI is InChI=1S/C26H28N2O2/c1-30-25(29)26(22-13-6-3-7-14-22,17-16-20-10-4-2-5-11-20)23-18-21-12-8-9-15-24(21)28-27-19-23/h2-15,23,27-28H,16-19H2,1H3. The largest absolute Gasteiger partial charge is 0.468 e. The number of rotatable bonds is 6. The molecule has 2 atom stereocenters. The van der Waals surface area contributed by atoms with E-state index in [0.717, 1.165) is 24.1 Å². The van der Waals surface area contributed by atoms with Gasteiger partial charge in [-0.05, 0) is 47.9 Å². The van der Waals surface area contributed by atoms with Crippen LogP contribution in [0.25, 0.3) is 0 Å². The van der Waals surface area contributed by atoms with Crippen molar-refractivity contribution in [2.75, 3.05) is 19.1 Å². The minimum absolute atomic E-state index is 0.0345. The molecule has 0 saturated carbocycles. The molecule has 4 rings (SSSR count). The van der Waals surface area contributed by atoms with E-state index < -0.39 is 5.41 Å². The van der Waals surface area contributed by atoms with Gasteiger partial charge in [0, 0.05) is 6.54 Å². The normalized spacial score (nSPS) is 17.7. The maximum absolute atomic E-state index is 13.5. The molecule has 154 valence electrons. The van der Waals surface area contributed by atoms with Crippen LogP contribution in [0.1, 0.15) is 23.1 Å². The molecule has 30 heavy (non-hydrogen) atoms. The number of fused-ring (bicyclic) bond motifs is 1. The highest BCUT2D eigenvalue weighted by Crippen LogP contribution is 2.41. The molecule has 0 aromatic heterocycles. The summed E-state index contributed by atoms with van der Waals surface area (Å²) in [4.78, 5) is 13.5. The number of methoxy groups -OCH3 is 1. The lowest BCUT2D eigenvalue weighted by molar-refractivity contribution is -0.150. The summed E-state index contributed by atoms with van der Waals surface area (Å²) in [5.74, 6) is -0.136. The van der Waals surface area contributed by atoms with E-state index in [1.165, 1.54) is 18.2 Å². The molecule has 2 N–H and O–H groups in total. The second kappa shape index (κ2) is 9.14. The number of esters is 1. The number of ether oxygens (including phenoxy) is 1. The molecular formula is C26H28N2O2. The Morgan fingerprint density at radius 1 is 0.967 bits per heavy atom. The number of hydrogen-bond donors (Lipinski definition) is 2. The first-order valence-corrected chi connectivity index (χ1v) is 10.5. The van der Waals surface area contributed by atoms with Gasteiger partial charge in [0.15, 0.2) is 0 Å². The van der Waals surface area contributed by atoms with Crippen molar-refractivity contribution in [3.05, 3.63) is 102 Å². The molecule has 3 aromatic rings. The second-order valence-corrected chi connectivity index (χ2v) is 7.88. The Kier molecular flexibility index (Phi) is 6.15. The smallest absolute Gasteiger partial charge is 0.316 e. The fraction of sp³-hybridized carbons (Fsp3) is 0.269. The van der Waals surface area contributed by atoms with Gasteiger partial charge in [-0.1, -0.05) is 78.9 Å². The average molecular weight is 401 g/mol. The third-order valence-electron chi connectivity index (χ3n) is 6.24. The van der Waals surface area contributed by atoms with Crippen LogP contribution in [0.15, 0.2) is 84.9 Å². The molecule has 4 heteroatoms. The predicted molar refractivity (Wildman–Crippen MR) is 120 cm³/mol. The number of para-hydroxylation sites is 1. The van der Waals surface area contributed by atoms with Crippen LogP contribution in [0.2, 0.25) is 0 Å². The van der Waals surface area contributed by atoms with E-state index >= 15 is 0 Å². The quantitative estimate of drug-likeness (QED) is 0.598. The van der Waals surface area contributed by atoms with Crippen molar-refractivity contribution >= 4 is 11.7 Å². The van der Waals surface area contributed by atoms with E-state index in [0.29, 0.717) is 13.0 Å². The van der Waals surface area contributed by atoms with Gasteiger partial charge in [-0.2, -0.15) is 0 Å². The number of hydrogen-bond acceptors (Lipinski definition) is 4. The van der Waals surface area contributed by atoms with E-state index in [9.17, 15) is 4.79 Å². The molecule has 0 aliphatic carbocycles. The molecule has 0 fully saturated rings. The third-order valence-corrected chi connectivity index (χ3v) is 6.24. The van der Waals surface area contributed by atoms with Crippen LogP contribution in [0.4, 0.5) is 5.69 Å². The summed E-state index contributed by atoms with van der Waals surface area (Å²) in [6.07, 6.45) is 2.27. The second-order valence-electron chi connectivity index (χ2n) is 7.88. The first-order chi connectivity index (χ1) is 14.7. The maximum Gasteiger partial charge on any atom is 0.316 e. The van der Waals surface area contributed by atoms with E-state index in [1.807, 2.05) is 42.5 Å². The molecule has 0 spiro atoms. The number of carbonyl (C=O) groups excluding carboxylic acids is 1. The molecule has 1 heterocycles. The van der Waals surface area contributed by atoms with Gasteiger partial charge in [0.05, 0.1) is 18.2 Å². The number of hydrazine groups is 1. The van der Waals surface area contributed by atoms with Crippen molar-refractivity contribution in [1.29, 1.82) is 0 Å². The first kappa shape index (κ1) is 20.2. The monoisotopic (exact) mass is 400 g/mol. The van der Waals surface area contributed by atoms with Gasteiger partial charge in [0.25, 0.3) is 0 Å². The van der Waals surface area contributed by atoms with E-state index in [1.54, 1.807) is 0 Å². The summed E-state index contributed by atoms with van der Waals surface area (Å²) >= 11 is 0. The molecule has 3 aromatic carbocycles. The summed E-state index contributed by atoms with van der Waals surface area (Å²) in [6, 6.07) is 28.8. The highest BCUT2D eigenvalue weighted by molar-refractivity contribution is 5.84. The van der Waals surface area contributed by atoms with Crippen molar-refractivity contribution in [2.24, 2.45) is 5.92 Å². The maximum atomic E-state index is 13.5.